The van der Waals surface area contributed by atoms with E-state index in [1.54, 1.807) is 0 Å². The molecular formula is C11H20N2S. The van der Waals surface area contributed by atoms with E-state index in [1.165, 1.54) is 50.3 Å². The van der Waals surface area contributed by atoms with Gasteiger partial charge in [-0.1, -0.05) is 12.8 Å². The second-order valence-corrected chi connectivity index (χ2v) is 5.98. The lowest BCUT2D eigenvalue weighted by molar-refractivity contribution is 0.0520. The van der Waals surface area contributed by atoms with Crippen LogP contribution in [0.3, 0.4) is 0 Å². The van der Waals surface area contributed by atoms with Gasteiger partial charge in [-0.25, -0.2) is 0 Å². The van der Waals surface area contributed by atoms with Crippen LogP contribution < -0.4 is 5.32 Å². The molecule has 1 aliphatic carbocycles. The lowest BCUT2D eigenvalue weighted by atomic mass is 9.86. The Balaban J connectivity index is 1.74. The minimum atomic E-state index is 0.822. The molecule has 0 aromatic carbocycles. The van der Waals surface area contributed by atoms with E-state index in [-0.39, 0.29) is 0 Å². The maximum atomic E-state index is 3.77. The van der Waals surface area contributed by atoms with Crippen molar-refractivity contribution < 1.29 is 0 Å². The molecule has 2 aliphatic heterocycles. The van der Waals surface area contributed by atoms with E-state index in [0.29, 0.717) is 0 Å². The Hall–Kier alpha value is 0.270. The highest BCUT2D eigenvalue weighted by Gasteiger charge is 2.38. The minimum Gasteiger partial charge on any atom is -0.311 e. The summed E-state index contributed by atoms with van der Waals surface area (Å²) in [5.41, 5.74) is 0. The van der Waals surface area contributed by atoms with Gasteiger partial charge in [-0.15, -0.1) is 0 Å². The van der Waals surface area contributed by atoms with Crippen LogP contribution >= 0.6 is 11.8 Å². The van der Waals surface area contributed by atoms with Gasteiger partial charge in [-0.05, 0) is 12.8 Å². The molecule has 2 saturated heterocycles. The molecule has 80 valence electrons. The van der Waals surface area contributed by atoms with E-state index >= 15 is 0 Å². The van der Waals surface area contributed by atoms with Gasteiger partial charge in [0, 0.05) is 42.7 Å². The zero-order valence-corrected chi connectivity index (χ0v) is 9.56. The predicted octanol–water partition coefficient (Wildman–Crippen LogP) is 1.32. The molecule has 0 aromatic rings. The molecule has 0 spiro atoms. The van der Waals surface area contributed by atoms with Crippen molar-refractivity contribution in [1.29, 1.82) is 0 Å². The summed E-state index contributed by atoms with van der Waals surface area (Å²) in [7, 11) is 0. The SMILES string of the molecule is C1CCC2C(C1)NCC1CSCCN12. The summed E-state index contributed by atoms with van der Waals surface area (Å²) in [6, 6.07) is 2.54. The Morgan fingerprint density at radius 3 is 3.14 bits per heavy atom. The Kier molecular flexibility index (Phi) is 2.73. The lowest BCUT2D eigenvalue weighted by Crippen LogP contribution is -2.65. The molecule has 3 unspecified atom stereocenters. The van der Waals surface area contributed by atoms with E-state index in [0.717, 1.165) is 18.1 Å². The number of fused-ring (bicyclic) bond motifs is 3. The monoisotopic (exact) mass is 212 g/mol. The second-order valence-electron chi connectivity index (χ2n) is 4.83. The molecule has 3 rings (SSSR count). The van der Waals surface area contributed by atoms with Gasteiger partial charge in [0.25, 0.3) is 0 Å². The van der Waals surface area contributed by atoms with E-state index < -0.39 is 0 Å². The van der Waals surface area contributed by atoms with Gasteiger partial charge in [0.15, 0.2) is 0 Å². The molecule has 2 nitrogen and oxygen atoms in total. The first-order valence-corrected chi connectivity index (χ1v) is 7.17. The van der Waals surface area contributed by atoms with Crippen molar-refractivity contribution in [1.82, 2.24) is 10.2 Å². The van der Waals surface area contributed by atoms with Gasteiger partial charge < -0.3 is 5.32 Å². The summed E-state index contributed by atoms with van der Waals surface area (Å²) in [4.78, 5) is 2.82. The standard InChI is InChI=1S/C11H20N2S/c1-2-4-11-10(3-1)12-7-9-8-14-6-5-13(9)11/h9-12H,1-8H2. The average Bonchev–Trinajstić information content (AvgIpc) is 2.29. The molecule has 0 bridgehead atoms. The van der Waals surface area contributed by atoms with Gasteiger partial charge in [-0.2, -0.15) is 11.8 Å². The third-order valence-corrected chi connectivity index (χ3v) is 5.14. The van der Waals surface area contributed by atoms with Crippen LogP contribution in [0.25, 0.3) is 0 Å². The summed E-state index contributed by atoms with van der Waals surface area (Å²) < 4.78 is 0. The largest absolute Gasteiger partial charge is 0.311 e. The molecule has 1 N–H and O–H groups in total. The zero-order valence-electron chi connectivity index (χ0n) is 8.74. The summed E-state index contributed by atoms with van der Waals surface area (Å²) in [6.07, 6.45) is 5.76. The van der Waals surface area contributed by atoms with E-state index in [2.05, 4.69) is 22.0 Å². The molecule has 3 aliphatic rings. The molecule has 3 heteroatoms. The first-order valence-electron chi connectivity index (χ1n) is 6.02. The fraction of sp³-hybridized carbons (Fsp3) is 1.00. The van der Waals surface area contributed by atoms with Crippen molar-refractivity contribution in [2.24, 2.45) is 0 Å². The third kappa shape index (κ3) is 1.59. The van der Waals surface area contributed by atoms with Crippen LogP contribution in [0.2, 0.25) is 0 Å². The minimum absolute atomic E-state index is 0.822. The number of piperazine rings is 1. The number of hydrogen-bond acceptors (Lipinski definition) is 3. The molecule has 3 fully saturated rings. The van der Waals surface area contributed by atoms with Crippen LogP contribution in [0.4, 0.5) is 0 Å². The summed E-state index contributed by atoms with van der Waals surface area (Å²) in [6.45, 7) is 2.59. The van der Waals surface area contributed by atoms with Crippen molar-refractivity contribution in [3.63, 3.8) is 0 Å². The van der Waals surface area contributed by atoms with E-state index in [4.69, 9.17) is 0 Å². The summed E-state index contributed by atoms with van der Waals surface area (Å²) in [5.74, 6) is 2.72. The molecule has 0 aromatic heterocycles. The first-order chi connectivity index (χ1) is 6.95. The molecular weight excluding hydrogens is 192 g/mol. The highest BCUT2D eigenvalue weighted by Crippen LogP contribution is 2.30. The first kappa shape index (κ1) is 9.49. The van der Waals surface area contributed by atoms with Gasteiger partial charge >= 0.3 is 0 Å². The number of rotatable bonds is 0. The normalized spacial score (nSPS) is 44.1. The molecule has 3 atom stereocenters. The van der Waals surface area contributed by atoms with Crippen molar-refractivity contribution in [2.45, 2.75) is 43.8 Å². The molecule has 1 saturated carbocycles. The van der Waals surface area contributed by atoms with Gasteiger partial charge in [0.2, 0.25) is 0 Å². The van der Waals surface area contributed by atoms with Gasteiger partial charge in [-0.3, -0.25) is 4.90 Å². The van der Waals surface area contributed by atoms with Crippen LogP contribution in [-0.2, 0) is 0 Å². The molecule has 0 radical (unpaired) electrons. The topological polar surface area (TPSA) is 15.3 Å². The van der Waals surface area contributed by atoms with Crippen LogP contribution in [0, 0.1) is 0 Å². The van der Waals surface area contributed by atoms with Crippen LogP contribution in [0.5, 0.6) is 0 Å². The van der Waals surface area contributed by atoms with Crippen molar-refractivity contribution in [3.8, 4) is 0 Å². The smallest absolute Gasteiger partial charge is 0.0315 e. The van der Waals surface area contributed by atoms with Crippen molar-refractivity contribution in [3.05, 3.63) is 0 Å². The van der Waals surface area contributed by atoms with Crippen molar-refractivity contribution in [2.75, 3.05) is 24.6 Å². The Labute approximate surface area is 90.8 Å². The predicted molar refractivity (Wildman–Crippen MR) is 61.9 cm³/mol. The molecule has 14 heavy (non-hydrogen) atoms. The zero-order chi connectivity index (χ0) is 9.38. The van der Waals surface area contributed by atoms with Gasteiger partial charge in [0.1, 0.15) is 0 Å². The average molecular weight is 212 g/mol. The quantitative estimate of drug-likeness (QED) is 0.652. The highest BCUT2D eigenvalue weighted by molar-refractivity contribution is 7.99. The molecule has 0 amide bonds. The lowest BCUT2D eigenvalue weighted by Gasteiger charge is -2.50. The fourth-order valence-corrected chi connectivity index (χ4v) is 4.40. The van der Waals surface area contributed by atoms with E-state index in [1.807, 2.05) is 0 Å². The second kappa shape index (κ2) is 4.03. The Bertz CT molecular complexity index is 187. The highest BCUT2D eigenvalue weighted by atomic mass is 32.2. The van der Waals surface area contributed by atoms with Crippen LogP contribution in [0.1, 0.15) is 25.7 Å². The Morgan fingerprint density at radius 2 is 2.14 bits per heavy atom. The maximum absolute atomic E-state index is 3.77. The van der Waals surface area contributed by atoms with Crippen LogP contribution in [-0.4, -0.2) is 47.6 Å². The number of thioether (sulfide) groups is 1. The Morgan fingerprint density at radius 1 is 1.21 bits per heavy atom. The third-order valence-electron chi connectivity index (χ3n) is 4.04. The van der Waals surface area contributed by atoms with Gasteiger partial charge in [0.05, 0.1) is 0 Å². The van der Waals surface area contributed by atoms with E-state index in [9.17, 15) is 0 Å². The summed E-state index contributed by atoms with van der Waals surface area (Å²) >= 11 is 2.14. The number of hydrogen-bond donors (Lipinski definition) is 1. The summed E-state index contributed by atoms with van der Waals surface area (Å²) in [5, 5.41) is 3.77. The maximum Gasteiger partial charge on any atom is 0.0315 e. The number of nitrogens with one attached hydrogen (secondary N) is 1. The van der Waals surface area contributed by atoms with Crippen molar-refractivity contribution >= 4 is 11.8 Å². The fourth-order valence-electron chi connectivity index (χ4n) is 3.31. The number of nitrogens with zero attached hydrogens (tertiary/aromatic N) is 1. The van der Waals surface area contributed by atoms with Crippen LogP contribution in [0.15, 0.2) is 0 Å². The molecule has 2 heterocycles.